The second-order valence-corrected chi connectivity index (χ2v) is 6.86. The van der Waals surface area contributed by atoms with Crippen molar-refractivity contribution < 1.29 is 4.74 Å². The Morgan fingerprint density at radius 3 is 2.59 bits per heavy atom. The van der Waals surface area contributed by atoms with Crippen molar-refractivity contribution in [1.82, 2.24) is 10.6 Å². The van der Waals surface area contributed by atoms with Crippen molar-refractivity contribution in [3.63, 3.8) is 0 Å². The Balaban J connectivity index is 1.75. The summed E-state index contributed by atoms with van der Waals surface area (Å²) in [5.74, 6) is 0.885. The van der Waals surface area contributed by atoms with Gasteiger partial charge in [-0.1, -0.05) is 30.3 Å². The topological polar surface area (TPSA) is 45.7 Å². The van der Waals surface area contributed by atoms with E-state index in [2.05, 4.69) is 46.1 Å². The molecule has 1 aliphatic heterocycles. The lowest BCUT2D eigenvalue weighted by molar-refractivity contribution is 0.0783. The lowest BCUT2D eigenvalue weighted by Gasteiger charge is -2.36. The van der Waals surface area contributed by atoms with Gasteiger partial charge in [0.05, 0.1) is 0 Å². The zero-order valence-electron chi connectivity index (χ0n) is 13.6. The molecule has 1 fully saturated rings. The molecule has 1 aromatic rings. The van der Waals surface area contributed by atoms with Crippen LogP contribution in [0.1, 0.15) is 18.4 Å². The van der Waals surface area contributed by atoms with Crippen molar-refractivity contribution in [2.24, 2.45) is 4.99 Å². The van der Waals surface area contributed by atoms with Crippen LogP contribution in [-0.4, -0.2) is 50.3 Å². The van der Waals surface area contributed by atoms with Gasteiger partial charge in [-0.2, -0.15) is 11.8 Å². The SMILES string of the molecule is CN=C(NCCc1ccccc1)NCC1(SC)CCOCC1. The minimum absolute atomic E-state index is 0.273. The molecule has 0 unspecified atom stereocenters. The Morgan fingerprint density at radius 2 is 1.95 bits per heavy atom. The first kappa shape index (κ1) is 17.2. The second-order valence-electron chi connectivity index (χ2n) is 5.59. The maximum atomic E-state index is 5.49. The van der Waals surface area contributed by atoms with Crippen molar-refractivity contribution in [2.75, 3.05) is 39.6 Å². The van der Waals surface area contributed by atoms with E-state index in [9.17, 15) is 0 Å². The zero-order valence-corrected chi connectivity index (χ0v) is 14.4. The number of guanidine groups is 1. The van der Waals surface area contributed by atoms with Gasteiger partial charge in [0.1, 0.15) is 0 Å². The lowest BCUT2D eigenvalue weighted by Crippen LogP contribution is -2.48. The molecule has 22 heavy (non-hydrogen) atoms. The van der Waals surface area contributed by atoms with Gasteiger partial charge < -0.3 is 15.4 Å². The molecule has 1 saturated heterocycles. The van der Waals surface area contributed by atoms with Gasteiger partial charge in [-0.3, -0.25) is 4.99 Å². The molecule has 0 aromatic heterocycles. The molecule has 1 aromatic carbocycles. The van der Waals surface area contributed by atoms with Crippen LogP contribution in [0.25, 0.3) is 0 Å². The third kappa shape index (κ3) is 5.21. The fourth-order valence-electron chi connectivity index (χ4n) is 2.63. The summed E-state index contributed by atoms with van der Waals surface area (Å²) in [6, 6.07) is 10.5. The molecule has 2 rings (SSSR count). The summed E-state index contributed by atoms with van der Waals surface area (Å²) < 4.78 is 5.76. The van der Waals surface area contributed by atoms with Gasteiger partial charge in [0.2, 0.25) is 0 Å². The van der Waals surface area contributed by atoms with Gasteiger partial charge in [0.25, 0.3) is 0 Å². The van der Waals surface area contributed by atoms with E-state index in [1.54, 1.807) is 0 Å². The molecule has 0 saturated carbocycles. The number of aliphatic imine (C=N–C) groups is 1. The van der Waals surface area contributed by atoms with Crippen LogP contribution in [0.3, 0.4) is 0 Å². The molecular weight excluding hydrogens is 294 g/mol. The molecule has 0 spiro atoms. The molecule has 0 aliphatic carbocycles. The molecule has 4 nitrogen and oxygen atoms in total. The summed E-state index contributed by atoms with van der Waals surface area (Å²) in [6.45, 7) is 3.55. The number of rotatable bonds is 6. The van der Waals surface area contributed by atoms with Gasteiger partial charge in [-0.15, -0.1) is 0 Å². The molecule has 0 amide bonds. The summed E-state index contributed by atoms with van der Waals surface area (Å²) in [5.41, 5.74) is 1.34. The van der Waals surface area contributed by atoms with E-state index in [-0.39, 0.29) is 4.75 Å². The van der Waals surface area contributed by atoms with Crippen molar-refractivity contribution in [2.45, 2.75) is 24.0 Å². The van der Waals surface area contributed by atoms with Crippen LogP contribution < -0.4 is 10.6 Å². The molecule has 5 heteroatoms. The Kier molecular flexibility index (Phi) is 7.06. The highest BCUT2D eigenvalue weighted by atomic mass is 32.2. The Labute approximate surface area is 138 Å². The quantitative estimate of drug-likeness (QED) is 0.623. The monoisotopic (exact) mass is 321 g/mol. The van der Waals surface area contributed by atoms with Crippen LogP contribution in [-0.2, 0) is 11.2 Å². The summed E-state index contributed by atoms with van der Waals surface area (Å²) in [4.78, 5) is 4.32. The number of ether oxygens (including phenoxy) is 1. The number of benzene rings is 1. The summed E-state index contributed by atoms with van der Waals surface area (Å²) in [7, 11) is 1.83. The smallest absolute Gasteiger partial charge is 0.191 e. The van der Waals surface area contributed by atoms with Gasteiger partial charge in [-0.25, -0.2) is 0 Å². The highest BCUT2D eigenvalue weighted by Crippen LogP contribution is 2.32. The van der Waals surface area contributed by atoms with Gasteiger partial charge in [-0.05, 0) is 31.1 Å². The summed E-state index contributed by atoms with van der Waals surface area (Å²) in [5, 5.41) is 6.88. The van der Waals surface area contributed by atoms with E-state index in [0.717, 1.165) is 51.5 Å². The first-order valence-electron chi connectivity index (χ1n) is 7.89. The normalized spacial score (nSPS) is 18.0. The standard InChI is InChI=1S/C17H27N3OS/c1-18-16(19-11-8-15-6-4-3-5-7-15)20-14-17(22-2)9-12-21-13-10-17/h3-7H,8-14H2,1-2H3,(H2,18,19,20). The maximum Gasteiger partial charge on any atom is 0.191 e. The molecule has 2 N–H and O–H groups in total. The van der Waals surface area contributed by atoms with Gasteiger partial charge in [0, 0.05) is 38.1 Å². The second kappa shape index (κ2) is 9.06. The summed E-state index contributed by atoms with van der Waals surface area (Å²) in [6.07, 6.45) is 5.39. The highest BCUT2D eigenvalue weighted by Gasteiger charge is 2.31. The predicted octanol–water partition coefficient (Wildman–Crippen LogP) is 2.31. The predicted molar refractivity (Wildman–Crippen MR) is 95.8 cm³/mol. The number of nitrogens with one attached hydrogen (secondary N) is 2. The zero-order chi connectivity index (χ0) is 15.7. The average molecular weight is 321 g/mol. The van der Waals surface area contributed by atoms with Crippen molar-refractivity contribution in [3.8, 4) is 0 Å². The van der Waals surface area contributed by atoms with E-state index in [4.69, 9.17) is 4.74 Å². The number of hydrogen-bond donors (Lipinski definition) is 2. The molecular formula is C17H27N3OS. The fraction of sp³-hybridized carbons (Fsp3) is 0.588. The van der Waals surface area contributed by atoms with Crippen LogP contribution in [0, 0.1) is 0 Å². The van der Waals surface area contributed by atoms with E-state index in [1.807, 2.05) is 24.9 Å². The highest BCUT2D eigenvalue weighted by molar-refractivity contribution is 8.00. The molecule has 0 radical (unpaired) electrons. The minimum atomic E-state index is 0.273. The van der Waals surface area contributed by atoms with Gasteiger partial charge in [0.15, 0.2) is 5.96 Å². The van der Waals surface area contributed by atoms with E-state index in [0.29, 0.717) is 0 Å². The number of thioether (sulfide) groups is 1. The average Bonchev–Trinajstić information content (AvgIpc) is 2.59. The third-order valence-electron chi connectivity index (χ3n) is 4.19. The van der Waals surface area contributed by atoms with Crippen LogP contribution in [0.4, 0.5) is 0 Å². The van der Waals surface area contributed by atoms with E-state index in [1.165, 1.54) is 5.56 Å². The molecule has 1 aliphatic rings. The maximum absolute atomic E-state index is 5.49. The third-order valence-corrected chi connectivity index (χ3v) is 5.61. The molecule has 0 atom stereocenters. The number of hydrogen-bond acceptors (Lipinski definition) is 3. The summed E-state index contributed by atoms with van der Waals surface area (Å²) >= 11 is 1.94. The number of nitrogens with zero attached hydrogens (tertiary/aromatic N) is 1. The first-order chi connectivity index (χ1) is 10.8. The van der Waals surface area contributed by atoms with Crippen molar-refractivity contribution in [3.05, 3.63) is 35.9 Å². The Morgan fingerprint density at radius 1 is 1.23 bits per heavy atom. The Bertz CT molecular complexity index is 458. The van der Waals surface area contributed by atoms with Gasteiger partial charge >= 0.3 is 0 Å². The van der Waals surface area contributed by atoms with Crippen LogP contribution in [0.2, 0.25) is 0 Å². The minimum Gasteiger partial charge on any atom is -0.381 e. The molecule has 122 valence electrons. The van der Waals surface area contributed by atoms with Crippen molar-refractivity contribution >= 4 is 17.7 Å². The van der Waals surface area contributed by atoms with Crippen LogP contribution in [0.5, 0.6) is 0 Å². The van der Waals surface area contributed by atoms with E-state index < -0.39 is 0 Å². The fourth-order valence-corrected chi connectivity index (χ4v) is 3.42. The lowest BCUT2D eigenvalue weighted by atomic mass is 9.99. The molecule has 0 bridgehead atoms. The molecule has 1 heterocycles. The largest absolute Gasteiger partial charge is 0.381 e. The first-order valence-corrected chi connectivity index (χ1v) is 9.12. The van der Waals surface area contributed by atoms with Crippen LogP contribution in [0.15, 0.2) is 35.3 Å². The van der Waals surface area contributed by atoms with E-state index >= 15 is 0 Å². The van der Waals surface area contributed by atoms with Crippen LogP contribution >= 0.6 is 11.8 Å². The Hall–Kier alpha value is -1.20. The van der Waals surface area contributed by atoms with Crippen molar-refractivity contribution in [1.29, 1.82) is 0 Å².